The Labute approximate surface area is 152 Å². The summed E-state index contributed by atoms with van der Waals surface area (Å²) in [5.41, 5.74) is 4.61. The highest BCUT2D eigenvalue weighted by atomic mass is 35.5. The van der Waals surface area contributed by atoms with Gasteiger partial charge >= 0.3 is 0 Å². The molecule has 0 fully saturated rings. The summed E-state index contributed by atoms with van der Waals surface area (Å²) >= 11 is 5.91. The molecule has 0 saturated heterocycles. The first-order chi connectivity index (χ1) is 12.2. The van der Waals surface area contributed by atoms with Crippen molar-refractivity contribution in [3.05, 3.63) is 82.9 Å². The second-order valence-corrected chi connectivity index (χ2v) is 5.99. The summed E-state index contributed by atoms with van der Waals surface area (Å²) in [7, 11) is 0. The van der Waals surface area contributed by atoms with Gasteiger partial charge in [-0.1, -0.05) is 35.7 Å². The largest absolute Gasteiger partial charge is 0.396 e. The van der Waals surface area contributed by atoms with E-state index in [0.717, 1.165) is 40.2 Å². The van der Waals surface area contributed by atoms with Crippen molar-refractivity contribution >= 4 is 11.6 Å². The number of hydrogen-bond donors (Lipinski definition) is 1. The van der Waals surface area contributed by atoms with Crippen molar-refractivity contribution in [3.63, 3.8) is 0 Å². The first-order valence-electron chi connectivity index (χ1n) is 8.04. The van der Waals surface area contributed by atoms with Crippen LogP contribution in [-0.2, 0) is 6.42 Å². The highest BCUT2D eigenvalue weighted by molar-refractivity contribution is 6.30. The van der Waals surface area contributed by atoms with E-state index in [1.807, 2.05) is 54.7 Å². The van der Waals surface area contributed by atoms with Crippen molar-refractivity contribution in [2.45, 2.75) is 12.8 Å². The van der Waals surface area contributed by atoms with Crippen LogP contribution in [0.5, 0.6) is 0 Å². The molecule has 124 valence electrons. The third kappa shape index (κ3) is 4.90. The van der Waals surface area contributed by atoms with E-state index in [-0.39, 0.29) is 6.61 Å². The lowest BCUT2D eigenvalue weighted by Crippen LogP contribution is -1.93. The predicted molar refractivity (Wildman–Crippen MR) is 100 cm³/mol. The SMILES string of the molecule is OCCCc1ccc(C#Cc2ccc(-c3ccc(Cl)cc3)cn2)cn1. The Kier molecular flexibility index (Phi) is 5.79. The molecule has 0 amide bonds. The van der Waals surface area contributed by atoms with Gasteiger partial charge in [0.1, 0.15) is 5.69 Å². The molecule has 0 spiro atoms. The van der Waals surface area contributed by atoms with Crippen molar-refractivity contribution < 1.29 is 5.11 Å². The molecule has 0 radical (unpaired) electrons. The van der Waals surface area contributed by atoms with E-state index in [0.29, 0.717) is 5.69 Å². The highest BCUT2D eigenvalue weighted by Gasteiger charge is 1.99. The molecule has 0 saturated carbocycles. The average Bonchev–Trinajstić information content (AvgIpc) is 2.67. The van der Waals surface area contributed by atoms with Crippen LogP contribution in [0.2, 0.25) is 5.02 Å². The fourth-order valence-electron chi connectivity index (χ4n) is 2.32. The predicted octanol–water partition coefficient (Wildman–Crippen LogP) is 4.12. The Morgan fingerprint density at radius 2 is 1.64 bits per heavy atom. The Bertz CT molecular complexity index is 876. The van der Waals surface area contributed by atoms with Crippen LogP contribution in [0.1, 0.15) is 23.4 Å². The lowest BCUT2D eigenvalue weighted by atomic mass is 10.1. The van der Waals surface area contributed by atoms with Crippen LogP contribution in [-0.4, -0.2) is 21.7 Å². The van der Waals surface area contributed by atoms with E-state index in [9.17, 15) is 0 Å². The zero-order chi connectivity index (χ0) is 17.5. The lowest BCUT2D eigenvalue weighted by Gasteiger charge is -2.01. The minimum Gasteiger partial charge on any atom is -0.396 e. The zero-order valence-corrected chi connectivity index (χ0v) is 14.4. The van der Waals surface area contributed by atoms with Crippen molar-refractivity contribution in [1.29, 1.82) is 0 Å². The molecule has 3 aromatic rings. The van der Waals surface area contributed by atoms with Crippen LogP contribution in [0.3, 0.4) is 0 Å². The number of rotatable bonds is 4. The Balaban J connectivity index is 1.69. The van der Waals surface area contributed by atoms with Crippen molar-refractivity contribution in [2.24, 2.45) is 0 Å². The Hall–Kier alpha value is -2.67. The van der Waals surface area contributed by atoms with Gasteiger partial charge in [-0.15, -0.1) is 0 Å². The fraction of sp³-hybridized carbons (Fsp3) is 0.143. The van der Waals surface area contributed by atoms with Gasteiger partial charge in [0.15, 0.2) is 0 Å². The number of aryl methyl sites for hydroxylation is 1. The first kappa shape index (κ1) is 17.2. The van der Waals surface area contributed by atoms with Crippen LogP contribution in [0.4, 0.5) is 0 Å². The second kappa shape index (κ2) is 8.43. The summed E-state index contributed by atoms with van der Waals surface area (Å²) in [6.07, 6.45) is 5.06. The van der Waals surface area contributed by atoms with Gasteiger partial charge in [0.05, 0.1) is 0 Å². The maximum Gasteiger partial charge on any atom is 0.113 e. The summed E-state index contributed by atoms with van der Waals surface area (Å²) in [4.78, 5) is 8.74. The molecule has 1 N–H and O–H groups in total. The summed E-state index contributed by atoms with van der Waals surface area (Å²) in [5.74, 6) is 6.12. The zero-order valence-electron chi connectivity index (χ0n) is 13.6. The van der Waals surface area contributed by atoms with Crippen LogP contribution in [0.25, 0.3) is 11.1 Å². The topological polar surface area (TPSA) is 46.0 Å². The van der Waals surface area contributed by atoms with E-state index < -0.39 is 0 Å². The Morgan fingerprint density at radius 1 is 0.840 bits per heavy atom. The van der Waals surface area contributed by atoms with Crippen molar-refractivity contribution in [2.75, 3.05) is 6.61 Å². The molecule has 4 heteroatoms. The monoisotopic (exact) mass is 348 g/mol. The second-order valence-electron chi connectivity index (χ2n) is 5.55. The van der Waals surface area contributed by atoms with Crippen LogP contribution in [0.15, 0.2) is 60.9 Å². The average molecular weight is 349 g/mol. The standard InChI is InChI=1S/C21H17ClN2O/c22-19-8-5-17(6-9-19)18-7-12-21(24-15-18)11-4-16-3-10-20(23-14-16)2-1-13-25/h3,5-10,12,14-15,25H,1-2,13H2. The Morgan fingerprint density at radius 3 is 2.28 bits per heavy atom. The number of nitrogens with zero attached hydrogens (tertiary/aromatic N) is 2. The van der Waals surface area contributed by atoms with E-state index in [1.165, 1.54) is 0 Å². The molecule has 3 rings (SSSR count). The molecule has 1 aromatic carbocycles. The van der Waals surface area contributed by atoms with Crippen LogP contribution >= 0.6 is 11.6 Å². The van der Waals surface area contributed by atoms with Crippen molar-refractivity contribution in [1.82, 2.24) is 9.97 Å². The van der Waals surface area contributed by atoms with Crippen LogP contribution in [0, 0.1) is 11.8 Å². The molecule has 2 aromatic heterocycles. The number of aliphatic hydroxyl groups excluding tert-OH is 1. The van der Waals surface area contributed by atoms with E-state index in [2.05, 4.69) is 21.8 Å². The number of halogens is 1. The van der Waals surface area contributed by atoms with E-state index in [1.54, 1.807) is 6.20 Å². The van der Waals surface area contributed by atoms with Gasteiger partial charge in [-0.25, -0.2) is 4.98 Å². The highest BCUT2D eigenvalue weighted by Crippen LogP contribution is 2.20. The van der Waals surface area contributed by atoms with Crippen LogP contribution < -0.4 is 0 Å². The molecule has 0 bridgehead atoms. The van der Waals surface area contributed by atoms with Crippen molar-refractivity contribution in [3.8, 4) is 23.0 Å². The third-order valence-corrected chi connectivity index (χ3v) is 3.94. The van der Waals surface area contributed by atoms with Gasteiger partial charge in [-0.2, -0.15) is 0 Å². The molecule has 0 atom stereocenters. The van der Waals surface area contributed by atoms with Gasteiger partial charge in [0.2, 0.25) is 0 Å². The van der Waals surface area contributed by atoms with E-state index in [4.69, 9.17) is 16.7 Å². The fourth-order valence-corrected chi connectivity index (χ4v) is 2.45. The minimum absolute atomic E-state index is 0.181. The molecular formula is C21H17ClN2O. The molecule has 0 aliphatic carbocycles. The molecule has 25 heavy (non-hydrogen) atoms. The molecule has 0 unspecified atom stereocenters. The number of hydrogen-bond acceptors (Lipinski definition) is 3. The smallest absolute Gasteiger partial charge is 0.113 e. The summed E-state index contributed by atoms with van der Waals surface area (Å²) in [6, 6.07) is 15.4. The maximum absolute atomic E-state index is 8.83. The van der Waals surface area contributed by atoms with Gasteiger partial charge < -0.3 is 5.11 Å². The van der Waals surface area contributed by atoms with Gasteiger partial charge in [0, 0.05) is 40.8 Å². The number of pyridine rings is 2. The quantitative estimate of drug-likeness (QED) is 0.721. The molecule has 3 nitrogen and oxygen atoms in total. The minimum atomic E-state index is 0.181. The normalized spacial score (nSPS) is 10.2. The first-order valence-corrected chi connectivity index (χ1v) is 8.42. The molecular weight excluding hydrogens is 332 g/mol. The van der Waals surface area contributed by atoms with Gasteiger partial charge in [-0.3, -0.25) is 4.98 Å². The number of aliphatic hydroxyl groups is 1. The molecule has 2 heterocycles. The van der Waals surface area contributed by atoms with Gasteiger partial charge in [0.25, 0.3) is 0 Å². The third-order valence-electron chi connectivity index (χ3n) is 3.69. The summed E-state index contributed by atoms with van der Waals surface area (Å²) in [6.45, 7) is 0.181. The molecule has 0 aliphatic heterocycles. The van der Waals surface area contributed by atoms with Gasteiger partial charge in [-0.05, 0) is 54.7 Å². The summed E-state index contributed by atoms with van der Waals surface area (Å²) < 4.78 is 0. The van der Waals surface area contributed by atoms with E-state index >= 15 is 0 Å². The summed E-state index contributed by atoms with van der Waals surface area (Å²) in [5, 5.41) is 9.55. The number of benzene rings is 1. The molecule has 0 aliphatic rings. The lowest BCUT2D eigenvalue weighted by molar-refractivity contribution is 0.288. The number of aromatic nitrogens is 2. The maximum atomic E-state index is 8.83.